The molecule has 0 unspecified atom stereocenters. The van der Waals surface area contributed by atoms with Crippen molar-refractivity contribution in [2.75, 3.05) is 18.3 Å². The second-order valence-electron chi connectivity index (χ2n) is 5.51. The minimum absolute atomic E-state index is 0.0285. The molecule has 0 aliphatic heterocycles. The number of carbonyl (C=O) groups is 3. The van der Waals surface area contributed by atoms with Gasteiger partial charge in [0, 0.05) is 0 Å². The zero-order valence-corrected chi connectivity index (χ0v) is 16.7. The Morgan fingerprint density at radius 1 is 1.03 bits per heavy atom. The van der Waals surface area contributed by atoms with Crippen LogP contribution in [0.1, 0.15) is 36.2 Å². The lowest BCUT2D eigenvalue weighted by Crippen LogP contribution is -2.35. The van der Waals surface area contributed by atoms with Gasteiger partial charge >= 0.3 is 11.9 Å². The number of halogens is 1. The van der Waals surface area contributed by atoms with Gasteiger partial charge in [-0.3, -0.25) is 14.4 Å². The van der Waals surface area contributed by atoms with Gasteiger partial charge < -0.3 is 9.47 Å². The Balaban J connectivity index is 2.38. The lowest BCUT2D eigenvalue weighted by atomic mass is 10.2. The zero-order chi connectivity index (χ0) is 21.2. The van der Waals surface area contributed by atoms with E-state index in [9.17, 15) is 14.4 Å². The average molecular weight is 422 g/mol. The number of hydroxylamine groups is 1. The molecule has 2 aromatic rings. The molecule has 1 aromatic heterocycles. The molecule has 0 N–H and O–H groups in total. The molecular formula is C19H20ClN3O6. The van der Waals surface area contributed by atoms with Crippen molar-refractivity contribution in [1.82, 2.24) is 9.97 Å². The second-order valence-corrected chi connectivity index (χ2v) is 5.87. The number of nitrogens with zero attached hydrogens (tertiary/aromatic N) is 3. The van der Waals surface area contributed by atoms with Crippen LogP contribution in [-0.2, 0) is 30.5 Å². The maximum absolute atomic E-state index is 12.7. The number of hydrogen-bond acceptors (Lipinski definition) is 8. The molecule has 0 aliphatic carbocycles. The van der Waals surface area contributed by atoms with Crippen LogP contribution in [-0.4, -0.2) is 41.0 Å². The van der Waals surface area contributed by atoms with Crippen LogP contribution in [0, 0.1) is 0 Å². The molecule has 9 nitrogen and oxygen atoms in total. The van der Waals surface area contributed by atoms with Crippen molar-refractivity contribution in [2.24, 2.45) is 0 Å². The summed E-state index contributed by atoms with van der Waals surface area (Å²) in [6.07, 6.45) is 0.448. The third kappa shape index (κ3) is 6.23. The van der Waals surface area contributed by atoms with Crippen molar-refractivity contribution in [3.8, 4) is 0 Å². The van der Waals surface area contributed by atoms with Crippen molar-refractivity contribution in [2.45, 2.75) is 26.9 Å². The van der Waals surface area contributed by atoms with Gasteiger partial charge in [0.15, 0.2) is 5.82 Å². The smallest absolute Gasteiger partial charge is 0.345 e. The van der Waals surface area contributed by atoms with Crippen molar-refractivity contribution in [3.05, 3.63) is 52.9 Å². The number of amides is 1. The Morgan fingerprint density at radius 2 is 1.72 bits per heavy atom. The van der Waals surface area contributed by atoms with E-state index in [1.807, 2.05) is 6.07 Å². The van der Waals surface area contributed by atoms with Gasteiger partial charge in [-0.05, 0) is 19.4 Å². The molecule has 29 heavy (non-hydrogen) atoms. The first-order valence-electron chi connectivity index (χ1n) is 8.80. The molecule has 0 fully saturated rings. The summed E-state index contributed by atoms with van der Waals surface area (Å²) in [7, 11) is 0. The first kappa shape index (κ1) is 22.3. The van der Waals surface area contributed by atoms with E-state index in [1.165, 1.54) is 0 Å². The predicted molar refractivity (Wildman–Crippen MR) is 103 cm³/mol. The number of aromatic nitrogens is 2. The standard InChI is InChI=1S/C19H20ClN3O6/c1-3-27-15(25)10-14(24)23(29-11-13-8-6-5-7-9-13)18-16(19(26)28-4-2)17(20)21-12-22-18/h5-9,12H,3-4,10-11H2,1-2H3. The summed E-state index contributed by atoms with van der Waals surface area (Å²) in [6.45, 7) is 3.40. The van der Waals surface area contributed by atoms with Crippen LogP contribution < -0.4 is 5.06 Å². The molecule has 0 spiro atoms. The van der Waals surface area contributed by atoms with Crippen LogP contribution in [0.4, 0.5) is 5.82 Å². The van der Waals surface area contributed by atoms with Crippen LogP contribution in [0.2, 0.25) is 5.15 Å². The van der Waals surface area contributed by atoms with E-state index in [4.69, 9.17) is 25.9 Å². The molecule has 1 aromatic carbocycles. The summed E-state index contributed by atoms with van der Waals surface area (Å²) in [6, 6.07) is 9.00. The van der Waals surface area contributed by atoms with E-state index in [-0.39, 0.29) is 36.4 Å². The molecule has 0 aliphatic rings. The van der Waals surface area contributed by atoms with E-state index in [0.29, 0.717) is 0 Å². The molecule has 10 heteroatoms. The minimum atomic E-state index is -0.828. The lowest BCUT2D eigenvalue weighted by molar-refractivity contribution is -0.147. The summed E-state index contributed by atoms with van der Waals surface area (Å²) in [5, 5.41) is 0.523. The molecule has 0 saturated heterocycles. The van der Waals surface area contributed by atoms with Gasteiger partial charge in [0.1, 0.15) is 30.1 Å². The Bertz CT molecular complexity index is 862. The normalized spacial score (nSPS) is 10.3. The van der Waals surface area contributed by atoms with E-state index < -0.39 is 24.3 Å². The highest BCUT2D eigenvalue weighted by molar-refractivity contribution is 6.33. The lowest BCUT2D eigenvalue weighted by Gasteiger charge is -2.22. The Morgan fingerprint density at radius 3 is 2.38 bits per heavy atom. The third-order valence-electron chi connectivity index (χ3n) is 3.48. The van der Waals surface area contributed by atoms with Crippen molar-refractivity contribution >= 4 is 35.3 Å². The number of benzene rings is 1. The fourth-order valence-corrected chi connectivity index (χ4v) is 2.47. The maximum atomic E-state index is 12.7. The van der Waals surface area contributed by atoms with Crippen LogP contribution in [0.3, 0.4) is 0 Å². The first-order valence-corrected chi connectivity index (χ1v) is 9.18. The minimum Gasteiger partial charge on any atom is -0.466 e. The Labute approximate surface area is 172 Å². The molecule has 0 saturated carbocycles. The fourth-order valence-electron chi connectivity index (χ4n) is 2.26. The highest BCUT2D eigenvalue weighted by atomic mass is 35.5. The average Bonchev–Trinajstić information content (AvgIpc) is 2.69. The molecule has 154 valence electrons. The van der Waals surface area contributed by atoms with Crippen LogP contribution >= 0.6 is 11.6 Å². The van der Waals surface area contributed by atoms with E-state index in [2.05, 4.69) is 9.97 Å². The van der Waals surface area contributed by atoms with Crippen LogP contribution in [0.5, 0.6) is 0 Å². The molecular weight excluding hydrogens is 402 g/mol. The second kappa shape index (κ2) is 11.1. The van der Waals surface area contributed by atoms with E-state index >= 15 is 0 Å². The summed E-state index contributed by atoms with van der Waals surface area (Å²) in [5.41, 5.74) is 0.501. The van der Waals surface area contributed by atoms with Gasteiger partial charge in [0.25, 0.3) is 5.91 Å². The van der Waals surface area contributed by atoms with Gasteiger partial charge in [0.05, 0.1) is 13.2 Å². The SMILES string of the molecule is CCOC(=O)CC(=O)N(OCc1ccccc1)c1ncnc(Cl)c1C(=O)OCC. The molecule has 2 rings (SSSR count). The number of rotatable bonds is 9. The summed E-state index contributed by atoms with van der Waals surface area (Å²) in [5.74, 6) is -2.60. The van der Waals surface area contributed by atoms with Gasteiger partial charge in [-0.25, -0.2) is 14.8 Å². The highest BCUT2D eigenvalue weighted by Crippen LogP contribution is 2.26. The number of carbonyl (C=O) groups excluding carboxylic acids is 3. The maximum Gasteiger partial charge on any atom is 0.345 e. The highest BCUT2D eigenvalue weighted by Gasteiger charge is 2.30. The monoisotopic (exact) mass is 421 g/mol. The summed E-state index contributed by atoms with van der Waals surface area (Å²) in [4.78, 5) is 50.2. The van der Waals surface area contributed by atoms with E-state index in [1.54, 1.807) is 38.1 Å². The number of hydrogen-bond donors (Lipinski definition) is 0. The molecule has 0 radical (unpaired) electrons. The van der Waals surface area contributed by atoms with Crippen molar-refractivity contribution < 1.29 is 28.7 Å². The third-order valence-corrected chi connectivity index (χ3v) is 3.77. The zero-order valence-electron chi connectivity index (χ0n) is 16.0. The first-order chi connectivity index (χ1) is 14.0. The molecule has 1 heterocycles. The van der Waals surface area contributed by atoms with Crippen molar-refractivity contribution in [1.29, 1.82) is 0 Å². The van der Waals surface area contributed by atoms with Gasteiger partial charge in [-0.15, -0.1) is 0 Å². The number of esters is 2. The van der Waals surface area contributed by atoms with Gasteiger partial charge in [0.2, 0.25) is 0 Å². The quantitative estimate of drug-likeness (QED) is 0.263. The van der Waals surface area contributed by atoms with Crippen LogP contribution in [0.15, 0.2) is 36.7 Å². The molecule has 1 amide bonds. The summed E-state index contributed by atoms with van der Waals surface area (Å²) < 4.78 is 9.78. The molecule has 0 bridgehead atoms. The number of ether oxygens (including phenoxy) is 2. The van der Waals surface area contributed by atoms with Gasteiger partial charge in [-0.2, -0.15) is 5.06 Å². The Hall–Kier alpha value is -3.04. The predicted octanol–water partition coefficient (Wildman–Crippen LogP) is 2.72. The van der Waals surface area contributed by atoms with Crippen molar-refractivity contribution in [3.63, 3.8) is 0 Å². The van der Waals surface area contributed by atoms with E-state index in [0.717, 1.165) is 17.0 Å². The van der Waals surface area contributed by atoms with Gasteiger partial charge in [-0.1, -0.05) is 41.9 Å². The molecule has 0 atom stereocenters. The largest absolute Gasteiger partial charge is 0.466 e. The Kier molecular flexibility index (Phi) is 8.50. The number of anilines is 1. The topological polar surface area (TPSA) is 108 Å². The fraction of sp³-hybridized carbons (Fsp3) is 0.316. The summed E-state index contributed by atoms with van der Waals surface area (Å²) >= 11 is 6.04. The van der Waals surface area contributed by atoms with Crippen LogP contribution in [0.25, 0.3) is 0 Å².